The van der Waals surface area contributed by atoms with E-state index in [4.69, 9.17) is 23.2 Å². The van der Waals surface area contributed by atoms with E-state index in [0.717, 1.165) is 17.4 Å². The lowest BCUT2D eigenvalue weighted by Gasteiger charge is -2.25. The molecule has 1 heterocycles. The van der Waals surface area contributed by atoms with Gasteiger partial charge >= 0.3 is 0 Å². The third-order valence-electron chi connectivity index (χ3n) is 3.46. The molecule has 18 heavy (non-hydrogen) atoms. The molecule has 5 heteroatoms. The van der Waals surface area contributed by atoms with Gasteiger partial charge in [0, 0.05) is 28.0 Å². The van der Waals surface area contributed by atoms with Crippen LogP contribution in [0.5, 0.6) is 0 Å². The first kappa shape index (κ1) is 14.2. The zero-order valence-electron chi connectivity index (χ0n) is 10.00. The lowest BCUT2D eigenvalue weighted by atomic mass is 10.0. The zero-order chi connectivity index (χ0) is 13.3. The first-order valence-corrected chi connectivity index (χ1v) is 7.57. The van der Waals surface area contributed by atoms with E-state index in [1.54, 1.807) is 18.2 Å². The minimum Gasteiger partial charge on any atom is -0.334 e. The van der Waals surface area contributed by atoms with Gasteiger partial charge in [0.2, 0.25) is 0 Å². The van der Waals surface area contributed by atoms with Gasteiger partial charge in [-0.2, -0.15) is 0 Å². The summed E-state index contributed by atoms with van der Waals surface area (Å²) in [6, 6.07) is 5.35. The topological polar surface area (TPSA) is 20.3 Å². The first-order valence-electron chi connectivity index (χ1n) is 5.86. The molecule has 0 N–H and O–H groups in total. The monoisotopic (exact) mass is 349 g/mol. The van der Waals surface area contributed by atoms with Crippen LogP contribution in [0.2, 0.25) is 5.02 Å². The van der Waals surface area contributed by atoms with Gasteiger partial charge in [-0.3, -0.25) is 4.79 Å². The van der Waals surface area contributed by atoms with Crippen molar-refractivity contribution in [3.8, 4) is 0 Å². The molecular weight excluding hydrogens is 337 g/mol. The second-order valence-electron chi connectivity index (χ2n) is 4.61. The molecule has 0 radical (unpaired) electrons. The number of halogens is 3. The molecule has 2 nitrogen and oxygen atoms in total. The summed E-state index contributed by atoms with van der Waals surface area (Å²) in [5.74, 6) is 0.962. The highest BCUT2D eigenvalue weighted by Gasteiger charge is 2.34. The fourth-order valence-electron chi connectivity index (χ4n) is 2.31. The number of alkyl halides is 1. The predicted octanol–water partition coefficient (Wildman–Crippen LogP) is 4.19. The van der Waals surface area contributed by atoms with Crippen molar-refractivity contribution >= 4 is 45.0 Å². The summed E-state index contributed by atoms with van der Waals surface area (Å²) in [6.45, 7) is 2.91. The highest BCUT2D eigenvalue weighted by Crippen LogP contribution is 2.29. The van der Waals surface area contributed by atoms with Gasteiger partial charge in [0.15, 0.2) is 0 Å². The van der Waals surface area contributed by atoms with Crippen LogP contribution in [0.25, 0.3) is 0 Å². The molecular formula is C13H14BrCl2NO. The van der Waals surface area contributed by atoms with Gasteiger partial charge in [0.25, 0.3) is 5.91 Å². The molecule has 0 spiro atoms. The molecule has 1 fully saturated rings. The van der Waals surface area contributed by atoms with Gasteiger partial charge in [-0.1, -0.05) is 18.5 Å². The van der Waals surface area contributed by atoms with Crippen molar-refractivity contribution in [2.75, 3.05) is 12.4 Å². The van der Waals surface area contributed by atoms with Crippen LogP contribution in [-0.4, -0.2) is 29.3 Å². The number of hydrogen-bond donors (Lipinski definition) is 0. The molecule has 1 aliphatic heterocycles. The summed E-state index contributed by atoms with van der Waals surface area (Å²) in [5, 5.41) is 0.613. The molecule has 0 saturated carbocycles. The number of carbonyl (C=O) groups excluding carboxylic acids is 1. The Morgan fingerprint density at radius 2 is 2.28 bits per heavy atom. The molecule has 1 aromatic rings. The average molecular weight is 351 g/mol. The van der Waals surface area contributed by atoms with E-state index in [9.17, 15) is 4.79 Å². The Labute approximate surface area is 125 Å². The summed E-state index contributed by atoms with van der Waals surface area (Å²) in [6.07, 6.45) is 1.01. The SMILES string of the molecule is CC1CCN(C(=O)c2ccc(Cl)cc2Br)C1CCl. The van der Waals surface area contributed by atoms with Crippen LogP contribution < -0.4 is 0 Å². The molecule has 2 atom stereocenters. The van der Waals surface area contributed by atoms with Crippen molar-refractivity contribution in [3.05, 3.63) is 33.3 Å². The van der Waals surface area contributed by atoms with E-state index in [-0.39, 0.29) is 11.9 Å². The van der Waals surface area contributed by atoms with Crippen LogP contribution in [0.1, 0.15) is 23.7 Å². The van der Waals surface area contributed by atoms with Gasteiger partial charge in [0.1, 0.15) is 0 Å². The molecule has 2 unspecified atom stereocenters. The van der Waals surface area contributed by atoms with Gasteiger partial charge in [0.05, 0.1) is 5.56 Å². The summed E-state index contributed by atoms with van der Waals surface area (Å²) in [4.78, 5) is 14.4. The first-order chi connectivity index (χ1) is 8.54. The quantitative estimate of drug-likeness (QED) is 0.732. The number of carbonyl (C=O) groups is 1. The van der Waals surface area contributed by atoms with Crippen LogP contribution in [0.15, 0.2) is 22.7 Å². The fraction of sp³-hybridized carbons (Fsp3) is 0.462. The maximum atomic E-state index is 12.5. The van der Waals surface area contributed by atoms with Crippen LogP contribution in [0.3, 0.4) is 0 Å². The normalized spacial score (nSPS) is 23.4. The Morgan fingerprint density at radius 1 is 1.56 bits per heavy atom. The average Bonchev–Trinajstić information content (AvgIpc) is 2.69. The van der Waals surface area contributed by atoms with E-state index >= 15 is 0 Å². The number of rotatable bonds is 2. The van der Waals surface area contributed by atoms with E-state index in [0.29, 0.717) is 22.4 Å². The Hall–Kier alpha value is -0.250. The smallest absolute Gasteiger partial charge is 0.255 e. The third-order valence-corrected chi connectivity index (χ3v) is 4.67. The molecule has 0 aromatic heterocycles. The number of benzene rings is 1. The molecule has 2 rings (SSSR count). The van der Waals surface area contributed by atoms with Crippen molar-refractivity contribution in [2.45, 2.75) is 19.4 Å². The lowest BCUT2D eigenvalue weighted by Crippen LogP contribution is -2.38. The fourth-order valence-corrected chi connectivity index (χ4v) is 3.64. The highest BCUT2D eigenvalue weighted by atomic mass is 79.9. The minimum atomic E-state index is 0.0218. The van der Waals surface area contributed by atoms with Crippen molar-refractivity contribution in [1.82, 2.24) is 4.90 Å². The maximum Gasteiger partial charge on any atom is 0.255 e. The predicted molar refractivity (Wildman–Crippen MR) is 78.5 cm³/mol. The van der Waals surface area contributed by atoms with Crippen molar-refractivity contribution in [1.29, 1.82) is 0 Å². The molecule has 0 bridgehead atoms. The van der Waals surface area contributed by atoms with E-state index < -0.39 is 0 Å². The molecule has 1 saturated heterocycles. The van der Waals surface area contributed by atoms with Gasteiger partial charge in [-0.25, -0.2) is 0 Å². The van der Waals surface area contributed by atoms with Gasteiger partial charge in [-0.15, -0.1) is 11.6 Å². The van der Waals surface area contributed by atoms with Crippen LogP contribution >= 0.6 is 39.1 Å². The molecule has 1 aromatic carbocycles. The molecule has 98 valence electrons. The van der Waals surface area contributed by atoms with Crippen molar-refractivity contribution < 1.29 is 4.79 Å². The minimum absolute atomic E-state index is 0.0218. The van der Waals surface area contributed by atoms with Crippen LogP contribution in [-0.2, 0) is 0 Å². The Morgan fingerprint density at radius 3 is 2.89 bits per heavy atom. The van der Waals surface area contributed by atoms with Gasteiger partial charge in [-0.05, 0) is 46.5 Å². The summed E-state index contributed by atoms with van der Waals surface area (Å²) < 4.78 is 0.730. The lowest BCUT2D eigenvalue weighted by molar-refractivity contribution is 0.0736. The number of nitrogens with zero attached hydrogens (tertiary/aromatic N) is 1. The van der Waals surface area contributed by atoms with E-state index in [2.05, 4.69) is 22.9 Å². The summed E-state index contributed by atoms with van der Waals surface area (Å²) >= 11 is 15.2. The molecule has 1 amide bonds. The third kappa shape index (κ3) is 2.68. The molecule has 0 aliphatic carbocycles. The Balaban J connectivity index is 2.26. The Kier molecular flexibility index (Phi) is 4.57. The molecule has 1 aliphatic rings. The highest BCUT2D eigenvalue weighted by molar-refractivity contribution is 9.10. The zero-order valence-corrected chi connectivity index (χ0v) is 13.1. The van der Waals surface area contributed by atoms with Crippen LogP contribution in [0.4, 0.5) is 0 Å². The second kappa shape index (κ2) is 5.81. The largest absolute Gasteiger partial charge is 0.334 e. The van der Waals surface area contributed by atoms with E-state index in [1.165, 1.54) is 0 Å². The Bertz CT molecular complexity index is 466. The van der Waals surface area contributed by atoms with E-state index in [1.807, 2.05) is 4.90 Å². The standard InChI is InChI=1S/C13H14BrCl2NO/c1-8-4-5-17(12(8)7-15)13(18)10-3-2-9(16)6-11(10)14/h2-3,6,8,12H,4-5,7H2,1H3. The number of amides is 1. The maximum absolute atomic E-state index is 12.5. The van der Waals surface area contributed by atoms with Gasteiger partial charge < -0.3 is 4.90 Å². The number of likely N-dealkylation sites (tertiary alicyclic amines) is 1. The number of hydrogen-bond acceptors (Lipinski definition) is 1. The van der Waals surface area contributed by atoms with Crippen LogP contribution in [0, 0.1) is 5.92 Å². The van der Waals surface area contributed by atoms with Crippen molar-refractivity contribution in [2.24, 2.45) is 5.92 Å². The summed E-state index contributed by atoms with van der Waals surface area (Å²) in [5.41, 5.74) is 0.642. The van der Waals surface area contributed by atoms with Crippen molar-refractivity contribution in [3.63, 3.8) is 0 Å². The summed E-state index contributed by atoms with van der Waals surface area (Å²) in [7, 11) is 0. The second-order valence-corrected chi connectivity index (χ2v) is 6.21.